The summed E-state index contributed by atoms with van der Waals surface area (Å²) >= 11 is 0. The van der Waals surface area contributed by atoms with Gasteiger partial charge in [0.15, 0.2) is 0 Å². The molecule has 1 aromatic rings. The van der Waals surface area contributed by atoms with Gasteiger partial charge in [-0.3, -0.25) is 4.90 Å². The molecule has 1 heterocycles. The van der Waals surface area contributed by atoms with Gasteiger partial charge in [-0.15, -0.1) is 0 Å². The summed E-state index contributed by atoms with van der Waals surface area (Å²) in [5.74, 6) is 0.551. The van der Waals surface area contributed by atoms with E-state index in [2.05, 4.69) is 4.90 Å². The minimum Gasteiger partial charge on any atom is -0.489 e. The van der Waals surface area contributed by atoms with Crippen LogP contribution in [0.15, 0.2) is 18.2 Å². The first-order chi connectivity index (χ1) is 9.15. The van der Waals surface area contributed by atoms with E-state index < -0.39 is 6.10 Å². The molecular weight excluding hydrogens is 246 g/mol. The summed E-state index contributed by atoms with van der Waals surface area (Å²) in [5.41, 5.74) is 12.5. The highest BCUT2D eigenvalue weighted by Crippen LogP contribution is 2.23. The SMILES string of the molecule is Nc1ccc(OCC(O)CN2CCOCC2)c(N)c1. The van der Waals surface area contributed by atoms with Crippen LogP contribution in [0.5, 0.6) is 5.75 Å². The van der Waals surface area contributed by atoms with Gasteiger partial charge < -0.3 is 26.0 Å². The van der Waals surface area contributed by atoms with Crippen molar-refractivity contribution in [2.75, 3.05) is 50.9 Å². The Hall–Kier alpha value is -1.50. The maximum absolute atomic E-state index is 9.94. The molecule has 5 N–H and O–H groups in total. The number of anilines is 2. The maximum Gasteiger partial charge on any atom is 0.142 e. The predicted octanol–water partition coefficient (Wildman–Crippen LogP) is -0.0771. The molecule has 1 fully saturated rings. The van der Waals surface area contributed by atoms with Crippen molar-refractivity contribution in [1.29, 1.82) is 0 Å². The van der Waals surface area contributed by atoms with Crippen LogP contribution in [0.4, 0.5) is 11.4 Å². The standard InChI is InChI=1S/C13H21N3O3/c14-10-1-2-13(12(15)7-10)19-9-11(17)8-16-3-5-18-6-4-16/h1-2,7,11,17H,3-6,8-9,14-15H2. The number of nitrogen functional groups attached to an aromatic ring is 2. The van der Waals surface area contributed by atoms with Crippen LogP contribution in [-0.2, 0) is 4.74 Å². The molecule has 0 saturated carbocycles. The average molecular weight is 267 g/mol. The molecule has 106 valence electrons. The monoisotopic (exact) mass is 267 g/mol. The molecule has 1 saturated heterocycles. The van der Waals surface area contributed by atoms with Crippen LogP contribution < -0.4 is 16.2 Å². The third kappa shape index (κ3) is 4.27. The number of nitrogens with two attached hydrogens (primary N) is 2. The highest BCUT2D eigenvalue weighted by molar-refractivity contribution is 5.60. The van der Waals surface area contributed by atoms with Gasteiger partial charge in [0.05, 0.1) is 18.9 Å². The molecule has 0 radical (unpaired) electrons. The van der Waals surface area contributed by atoms with Crippen LogP contribution in [0.25, 0.3) is 0 Å². The van der Waals surface area contributed by atoms with E-state index >= 15 is 0 Å². The lowest BCUT2D eigenvalue weighted by Gasteiger charge is -2.28. The zero-order valence-corrected chi connectivity index (χ0v) is 10.9. The molecule has 0 aromatic heterocycles. The van der Waals surface area contributed by atoms with Crippen LogP contribution in [0.2, 0.25) is 0 Å². The quantitative estimate of drug-likeness (QED) is 0.646. The molecule has 0 spiro atoms. The second-order valence-corrected chi connectivity index (χ2v) is 4.68. The van der Waals surface area contributed by atoms with Crippen molar-refractivity contribution >= 4 is 11.4 Å². The summed E-state index contributed by atoms with van der Waals surface area (Å²) in [7, 11) is 0. The third-order valence-corrected chi connectivity index (χ3v) is 3.04. The van der Waals surface area contributed by atoms with Crippen molar-refractivity contribution in [2.45, 2.75) is 6.10 Å². The van der Waals surface area contributed by atoms with Gasteiger partial charge in [-0.05, 0) is 18.2 Å². The van der Waals surface area contributed by atoms with Crippen molar-refractivity contribution in [3.63, 3.8) is 0 Å². The normalized spacial score (nSPS) is 18.2. The van der Waals surface area contributed by atoms with Crippen LogP contribution in [-0.4, -0.2) is 55.6 Å². The number of ether oxygens (including phenoxy) is 2. The summed E-state index contributed by atoms with van der Waals surface area (Å²) in [6.45, 7) is 3.93. The van der Waals surface area contributed by atoms with Crippen molar-refractivity contribution in [3.8, 4) is 5.75 Å². The third-order valence-electron chi connectivity index (χ3n) is 3.04. The van der Waals surface area contributed by atoms with Crippen LogP contribution >= 0.6 is 0 Å². The number of aliphatic hydroxyl groups is 1. The Morgan fingerprint density at radius 3 is 2.74 bits per heavy atom. The lowest BCUT2D eigenvalue weighted by Crippen LogP contribution is -2.42. The maximum atomic E-state index is 9.94. The fourth-order valence-electron chi connectivity index (χ4n) is 2.02. The fraction of sp³-hybridized carbons (Fsp3) is 0.538. The number of hydrogen-bond donors (Lipinski definition) is 3. The van der Waals surface area contributed by atoms with Gasteiger partial charge in [-0.2, -0.15) is 0 Å². The topological polar surface area (TPSA) is 94.0 Å². The molecule has 1 aromatic carbocycles. The van der Waals surface area contributed by atoms with E-state index in [1.807, 2.05) is 0 Å². The summed E-state index contributed by atoms with van der Waals surface area (Å²) < 4.78 is 10.8. The van der Waals surface area contributed by atoms with Crippen molar-refractivity contribution in [3.05, 3.63) is 18.2 Å². The van der Waals surface area contributed by atoms with Gasteiger partial charge in [0.1, 0.15) is 18.5 Å². The first-order valence-corrected chi connectivity index (χ1v) is 6.41. The molecule has 6 nitrogen and oxygen atoms in total. The number of nitrogens with zero attached hydrogens (tertiary/aromatic N) is 1. The van der Waals surface area contributed by atoms with Crippen LogP contribution in [0.3, 0.4) is 0 Å². The zero-order chi connectivity index (χ0) is 13.7. The predicted molar refractivity (Wildman–Crippen MR) is 74.0 cm³/mol. The van der Waals surface area contributed by atoms with Gasteiger partial charge >= 0.3 is 0 Å². The highest BCUT2D eigenvalue weighted by atomic mass is 16.5. The Bertz CT molecular complexity index is 408. The van der Waals surface area contributed by atoms with Crippen molar-refractivity contribution < 1.29 is 14.6 Å². The molecule has 1 aliphatic heterocycles. The number of aliphatic hydroxyl groups excluding tert-OH is 1. The summed E-state index contributed by atoms with van der Waals surface area (Å²) in [4.78, 5) is 2.16. The highest BCUT2D eigenvalue weighted by Gasteiger charge is 2.15. The Balaban J connectivity index is 1.77. The first-order valence-electron chi connectivity index (χ1n) is 6.41. The smallest absolute Gasteiger partial charge is 0.142 e. The van der Waals surface area contributed by atoms with E-state index in [9.17, 15) is 5.11 Å². The fourth-order valence-corrected chi connectivity index (χ4v) is 2.02. The van der Waals surface area contributed by atoms with Crippen LogP contribution in [0.1, 0.15) is 0 Å². The van der Waals surface area contributed by atoms with E-state index in [-0.39, 0.29) is 6.61 Å². The summed E-state index contributed by atoms with van der Waals surface area (Å²) in [6, 6.07) is 5.08. The molecule has 0 amide bonds. The van der Waals surface area contributed by atoms with Gasteiger partial charge in [-0.1, -0.05) is 0 Å². The molecule has 2 rings (SSSR count). The van der Waals surface area contributed by atoms with E-state index in [0.717, 1.165) is 26.3 Å². The minimum atomic E-state index is -0.546. The van der Waals surface area contributed by atoms with Crippen LogP contribution in [0, 0.1) is 0 Å². The van der Waals surface area contributed by atoms with Gasteiger partial charge in [-0.25, -0.2) is 0 Å². The average Bonchev–Trinajstić information content (AvgIpc) is 2.39. The number of β-amino-alcohol motifs (C(OH)–C–C–N with tert-alkyl or cyclic N) is 1. The van der Waals surface area contributed by atoms with Gasteiger partial charge in [0.2, 0.25) is 0 Å². The van der Waals surface area contributed by atoms with Gasteiger partial charge in [0, 0.05) is 25.3 Å². The van der Waals surface area contributed by atoms with E-state index in [4.69, 9.17) is 20.9 Å². The largest absolute Gasteiger partial charge is 0.489 e. The lowest BCUT2D eigenvalue weighted by molar-refractivity contribution is 0.00473. The van der Waals surface area contributed by atoms with E-state index in [0.29, 0.717) is 23.7 Å². The van der Waals surface area contributed by atoms with Crippen molar-refractivity contribution in [1.82, 2.24) is 4.90 Å². The first kappa shape index (κ1) is 13.9. The number of benzene rings is 1. The molecule has 1 atom stereocenters. The Morgan fingerprint density at radius 1 is 1.32 bits per heavy atom. The van der Waals surface area contributed by atoms with Gasteiger partial charge in [0.25, 0.3) is 0 Å². The molecule has 1 unspecified atom stereocenters. The van der Waals surface area contributed by atoms with E-state index in [1.165, 1.54) is 0 Å². The second kappa shape index (κ2) is 6.60. The molecular formula is C13H21N3O3. The lowest BCUT2D eigenvalue weighted by atomic mass is 10.2. The molecule has 19 heavy (non-hydrogen) atoms. The summed E-state index contributed by atoms with van der Waals surface area (Å²) in [6.07, 6.45) is -0.546. The molecule has 0 aliphatic carbocycles. The summed E-state index contributed by atoms with van der Waals surface area (Å²) in [5, 5.41) is 9.94. The molecule has 0 bridgehead atoms. The minimum absolute atomic E-state index is 0.214. The Labute approximate surface area is 112 Å². The second-order valence-electron chi connectivity index (χ2n) is 4.68. The Morgan fingerprint density at radius 2 is 2.05 bits per heavy atom. The van der Waals surface area contributed by atoms with E-state index in [1.54, 1.807) is 18.2 Å². The number of hydrogen-bond acceptors (Lipinski definition) is 6. The number of morpholine rings is 1. The van der Waals surface area contributed by atoms with Crippen molar-refractivity contribution in [2.24, 2.45) is 0 Å². The number of rotatable bonds is 5. The zero-order valence-electron chi connectivity index (χ0n) is 10.9. The Kier molecular flexibility index (Phi) is 4.84. The molecule has 6 heteroatoms. The molecule has 1 aliphatic rings.